The predicted octanol–water partition coefficient (Wildman–Crippen LogP) is 7.38. The van der Waals surface area contributed by atoms with E-state index in [-0.39, 0.29) is 42.7 Å². The molecule has 1 saturated carbocycles. The minimum Gasteiger partial charge on any atom is -0.444 e. The number of anilines is 1. The number of nitrogens with one attached hydrogen (secondary N) is 1. The highest BCUT2D eigenvalue weighted by Gasteiger charge is 2.46. The maximum Gasteiger partial charge on any atom is 0.410 e. The Morgan fingerprint density at radius 2 is 1.79 bits per heavy atom. The highest BCUT2D eigenvalue weighted by atomic mass is 16.7. The molecular weight excluding hydrogens is 785 g/mol. The molecule has 4 aliphatic rings. The van der Waals surface area contributed by atoms with Gasteiger partial charge in [-0.2, -0.15) is 0 Å². The van der Waals surface area contributed by atoms with E-state index in [2.05, 4.69) is 57.9 Å². The van der Waals surface area contributed by atoms with Crippen molar-refractivity contribution >= 4 is 33.8 Å². The van der Waals surface area contributed by atoms with E-state index >= 15 is 0 Å². The maximum atomic E-state index is 13.1. The van der Waals surface area contributed by atoms with Crippen molar-refractivity contribution in [1.29, 1.82) is 0 Å². The van der Waals surface area contributed by atoms with Gasteiger partial charge in [0, 0.05) is 105 Å². The summed E-state index contributed by atoms with van der Waals surface area (Å²) in [7, 11) is 1.78. The molecule has 1 N–H and O–H groups in total. The van der Waals surface area contributed by atoms with E-state index in [1.54, 1.807) is 17.8 Å². The van der Waals surface area contributed by atoms with Crippen LogP contribution in [0.3, 0.4) is 0 Å². The van der Waals surface area contributed by atoms with Gasteiger partial charge >= 0.3 is 6.09 Å². The number of hydrogen-bond acceptors (Lipinski definition) is 11. The average Bonchev–Trinajstić information content (AvgIpc) is 3.95. The number of carbonyl (C=O) groups excluding carboxylic acids is 1. The Balaban J connectivity index is 1.06. The largest absolute Gasteiger partial charge is 0.444 e. The predicted molar refractivity (Wildman–Crippen MR) is 239 cm³/mol. The van der Waals surface area contributed by atoms with Gasteiger partial charge in [0.2, 0.25) is 5.95 Å². The summed E-state index contributed by atoms with van der Waals surface area (Å²) in [6.07, 6.45) is 13.6. The molecule has 0 radical (unpaired) electrons. The van der Waals surface area contributed by atoms with Crippen LogP contribution in [-0.4, -0.2) is 116 Å². The number of piperidine rings is 1. The van der Waals surface area contributed by atoms with Gasteiger partial charge in [-0.3, -0.25) is 14.7 Å². The smallest absolute Gasteiger partial charge is 0.410 e. The Hall–Kier alpha value is -4.89. The lowest BCUT2D eigenvalue weighted by molar-refractivity contribution is -0.197. The first-order chi connectivity index (χ1) is 29.8. The van der Waals surface area contributed by atoms with Gasteiger partial charge in [0.15, 0.2) is 11.9 Å². The quantitative estimate of drug-likeness (QED) is 0.142. The van der Waals surface area contributed by atoms with Crippen molar-refractivity contribution in [2.24, 2.45) is 13.0 Å². The summed E-state index contributed by atoms with van der Waals surface area (Å²) in [5.41, 5.74) is 3.12. The zero-order chi connectivity index (χ0) is 43.2. The molecule has 14 heteroatoms. The highest BCUT2D eigenvalue weighted by Crippen LogP contribution is 2.44. The molecule has 2 unspecified atom stereocenters. The van der Waals surface area contributed by atoms with Crippen LogP contribution in [-0.2, 0) is 31.6 Å². The fourth-order valence-corrected chi connectivity index (χ4v) is 9.48. The van der Waals surface area contributed by atoms with Gasteiger partial charge in [-0.1, -0.05) is 12.1 Å². The summed E-state index contributed by atoms with van der Waals surface area (Å²) in [6.45, 7) is 15.0. The van der Waals surface area contributed by atoms with E-state index in [0.717, 1.165) is 110 Å². The summed E-state index contributed by atoms with van der Waals surface area (Å²) >= 11 is 0. The monoisotopic (exact) mass is 846 g/mol. The van der Waals surface area contributed by atoms with Gasteiger partial charge in [0.05, 0.1) is 23.9 Å². The number of amides is 1. The standard InChI is InChI=1S/C48H62N8O6/c1-31-27-56(46(58)62-47(3,4)5)32(2)26-55(31)28-33-17-21-54(22-18-33)45-51-40-15-12-34(39-29-53(6)44(57)42-37(39)16-20-50-42)24-38(40)43(52-45)48(61-36-13-14-36,35-10-9-19-49-25-35)30-60-41-11-7-8-23-59-41/h9-10,12,15-16,19-20,24-25,29,31-33,36,41,50H,7-8,11,13-14,17-18,21-23,26-28,30H2,1-6H3/t31-,32+,41?,48?/m0/s1. The molecule has 330 valence electrons. The van der Waals surface area contributed by atoms with Crippen LogP contribution in [0, 0.1) is 5.92 Å². The van der Waals surface area contributed by atoms with Crippen LogP contribution in [0.5, 0.6) is 0 Å². The van der Waals surface area contributed by atoms with Gasteiger partial charge < -0.3 is 38.3 Å². The second-order valence-electron chi connectivity index (χ2n) is 19.0. The first-order valence-electron chi connectivity index (χ1n) is 22.6. The van der Waals surface area contributed by atoms with Crippen LogP contribution < -0.4 is 10.5 Å². The van der Waals surface area contributed by atoms with Crippen LogP contribution in [0.2, 0.25) is 0 Å². The van der Waals surface area contributed by atoms with Crippen molar-refractivity contribution in [3.8, 4) is 11.1 Å². The topological polar surface area (TPSA) is 140 Å². The summed E-state index contributed by atoms with van der Waals surface area (Å²) in [5.74, 6) is 1.17. The number of ether oxygens (including phenoxy) is 4. The summed E-state index contributed by atoms with van der Waals surface area (Å²) in [5, 5.41) is 1.71. The maximum absolute atomic E-state index is 13.1. The molecule has 7 heterocycles. The Morgan fingerprint density at radius 1 is 0.968 bits per heavy atom. The summed E-state index contributed by atoms with van der Waals surface area (Å²) in [6, 6.07) is 12.6. The average molecular weight is 847 g/mol. The number of hydrogen-bond donors (Lipinski definition) is 1. The van der Waals surface area contributed by atoms with Gasteiger partial charge in [0.25, 0.3) is 5.56 Å². The molecule has 0 spiro atoms. The first kappa shape index (κ1) is 42.4. The molecule has 14 nitrogen and oxygen atoms in total. The van der Waals surface area contributed by atoms with Crippen LogP contribution in [0.15, 0.2) is 66.0 Å². The number of benzene rings is 1. The molecule has 4 fully saturated rings. The minimum atomic E-state index is -1.12. The number of carbonyl (C=O) groups is 1. The van der Waals surface area contributed by atoms with E-state index in [1.165, 1.54) is 0 Å². The molecule has 4 aromatic heterocycles. The van der Waals surface area contributed by atoms with Crippen LogP contribution in [0.25, 0.3) is 32.9 Å². The molecule has 1 amide bonds. The zero-order valence-electron chi connectivity index (χ0n) is 37.1. The molecular formula is C48H62N8O6. The number of aromatic nitrogens is 5. The number of nitrogens with zero attached hydrogens (tertiary/aromatic N) is 7. The number of pyridine rings is 2. The van der Waals surface area contributed by atoms with Crippen molar-refractivity contribution in [2.45, 2.75) is 115 Å². The number of rotatable bonds is 11. The van der Waals surface area contributed by atoms with Crippen molar-refractivity contribution in [1.82, 2.24) is 34.3 Å². The number of fused-ring (bicyclic) bond motifs is 2. The van der Waals surface area contributed by atoms with E-state index in [1.807, 2.05) is 56.4 Å². The second-order valence-corrected chi connectivity index (χ2v) is 19.0. The van der Waals surface area contributed by atoms with Crippen molar-refractivity contribution in [3.63, 3.8) is 0 Å². The molecule has 5 aromatic rings. The number of aryl methyl sites for hydroxylation is 1. The van der Waals surface area contributed by atoms with Crippen LogP contribution in [0.4, 0.5) is 10.7 Å². The van der Waals surface area contributed by atoms with E-state index in [4.69, 9.17) is 28.9 Å². The fraction of sp³-hybridized carbons (Fsp3) is 0.562. The van der Waals surface area contributed by atoms with Crippen LogP contribution in [0.1, 0.15) is 90.8 Å². The Morgan fingerprint density at radius 3 is 2.52 bits per heavy atom. The third kappa shape index (κ3) is 8.84. The second kappa shape index (κ2) is 17.3. The number of aromatic amines is 1. The minimum absolute atomic E-state index is 0.0396. The van der Waals surface area contributed by atoms with E-state index in [0.29, 0.717) is 30.5 Å². The lowest BCUT2D eigenvalue weighted by Crippen LogP contribution is -2.59. The SMILES string of the molecule is C[C@@H]1CN(CC2CCN(c3nc(C(COC4CCCCO4)(OC4CC4)c4cccnc4)c4cc(-c5cn(C)c(=O)c6[nH]ccc56)ccc4n3)CC2)[C@@H](C)CN1C(=O)OC(C)(C)C. The number of piperazine rings is 1. The molecule has 4 atom stereocenters. The van der Waals surface area contributed by atoms with Gasteiger partial charge in [0.1, 0.15) is 11.1 Å². The zero-order valence-corrected chi connectivity index (χ0v) is 37.1. The lowest BCUT2D eigenvalue weighted by atomic mass is 9.88. The molecule has 62 heavy (non-hydrogen) atoms. The Bertz CT molecular complexity index is 2430. The lowest BCUT2D eigenvalue weighted by Gasteiger charge is -2.46. The Labute approximate surface area is 363 Å². The summed E-state index contributed by atoms with van der Waals surface area (Å²) < 4.78 is 27.5. The van der Waals surface area contributed by atoms with Gasteiger partial charge in [-0.15, -0.1) is 0 Å². The van der Waals surface area contributed by atoms with Crippen LogP contribution >= 0.6 is 0 Å². The molecule has 1 aliphatic carbocycles. The molecule has 9 rings (SSSR count). The molecule has 3 aliphatic heterocycles. The normalized spacial score (nSPS) is 22.9. The first-order valence-corrected chi connectivity index (χ1v) is 22.6. The Kier molecular flexibility index (Phi) is 11.9. The molecule has 3 saturated heterocycles. The van der Waals surface area contributed by atoms with E-state index in [9.17, 15) is 9.59 Å². The van der Waals surface area contributed by atoms with Crippen molar-refractivity contribution in [2.75, 3.05) is 50.8 Å². The van der Waals surface area contributed by atoms with Gasteiger partial charge in [-0.05, 0) is 115 Å². The third-order valence-electron chi connectivity index (χ3n) is 13.0. The highest BCUT2D eigenvalue weighted by molar-refractivity contribution is 5.97. The summed E-state index contributed by atoms with van der Waals surface area (Å²) in [4.78, 5) is 51.5. The van der Waals surface area contributed by atoms with Crippen molar-refractivity contribution in [3.05, 3.63) is 82.8 Å². The van der Waals surface area contributed by atoms with Crippen molar-refractivity contribution < 1.29 is 23.7 Å². The molecule has 1 aromatic carbocycles. The molecule has 0 bridgehead atoms. The van der Waals surface area contributed by atoms with Gasteiger partial charge in [-0.25, -0.2) is 14.8 Å². The third-order valence-corrected chi connectivity index (χ3v) is 13.0. The fourth-order valence-electron chi connectivity index (χ4n) is 9.48. The van der Waals surface area contributed by atoms with E-state index < -0.39 is 11.2 Å². The number of H-pyrrole nitrogens is 1.